The second-order valence-corrected chi connectivity index (χ2v) is 23.5. The Balaban J connectivity index is 5.67. The molecule has 0 rings (SSSR count). The van der Waals surface area contributed by atoms with Gasteiger partial charge in [0.1, 0.15) is 0 Å². The van der Waals surface area contributed by atoms with Crippen molar-refractivity contribution in [3.8, 4) is 0 Å². The average Bonchev–Trinajstić information content (AvgIpc) is 3.01. The Bertz CT molecular complexity index is 682. The summed E-state index contributed by atoms with van der Waals surface area (Å²) in [6, 6.07) is 0. The molecule has 268 valence electrons. The standard InChI is InChI=1S/2C14H28O3S.2C4H9.Sn/c2*1-2-3-4-5-6-7-8-9-10-14(17,11-12-18)13(15)16;2*1-3-4-2;/h2*17-18H,2-12H2,1H3,(H,15,16);2*1,3-4H2,2H3;/q;;;;+2/p-2. The molecular weight excluding hydrogens is 711 g/mol. The van der Waals surface area contributed by atoms with Gasteiger partial charge in [-0.05, 0) is 0 Å². The summed E-state index contributed by atoms with van der Waals surface area (Å²) in [5.74, 6) is -0.600. The molecule has 0 saturated heterocycles. The minimum atomic E-state index is -4.44. The Kier molecular flexibility index (Phi) is 28.4. The second kappa shape index (κ2) is 28.2. The van der Waals surface area contributed by atoms with Crippen LogP contribution in [0.25, 0.3) is 0 Å². The van der Waals surface area contributed by atoms with E-state index in [-0.39, 0.29) is 12.8 Å². The van der Waals surface area contributed by atoms with Gasteiger partial charge in [0.05, 0.1) is 0 Å². The summed E-state index contributed by atoms with van der Waals surface area (Å²) in [4.78, 5) is 27.6. The summed E-state index contributed by atoms with van der Waals surface area (Å²) >= 11 is 4.26. The third-order valence-electron chi connectivity index (χ3n) is 9.08. The zero-order chi connectivity index (χ0) is 33.9. The SMILES string of the molecule is CCCCCCCCCCC(O)(CCS)C(=O)[O][Sn]([CH2]CCC)([CH2]CCC)[O]C(=O)C(O)(CCS)CCCCCCCCCC. The second-order valence-electron chi connectivity index (χ2n) is 13.4. The first-order chi connectivity index (χ1) is 21.6. The van der Waals surface area contributed by atoms with E-state index in [1.165, 1.54) is 64.2 Å². The molecule has 0 spiro atoms. The van der Waals surface area contributed by atoms with Crippen molar-refractivity contribution in [1.29, 1.82) is 0 Å². The van der Waals surface area contributed by atoms with E-state index in [0.29, 0.717) is 33.2 Å². The van der Waals surface area contributed by atoms with Crippen LogP contribution in [0.1, 0.15) is 182 Å². The van der Waals surface area contributed by atoms with Crippen molar-refractivity contribution in [2.24, 2.45) is 0 Å². The van der Waals surface area contributed by atoms with Crippen molar-refractivity contribution < 1.29 is 26.0 Å². The molecule has 0 aromatic rings. The minimum absolute atomic E-state index is 0.199. The molecule has 0 saturated carbocycles. The van der Waals surface area contributed by atoms with Gasteiger partial charge in [-0.3, -0.25) is 0 Å². The van der Waals surface area contributed by atoms with E-state index >= 15 is 0 Å². The van der Waals surface area contributed by atoms with E-state index in [2.05, 4.69) is 53.0 Å². The molecule has 0 aliphatic carbocycles. The van der Waals surface area contributed by atoms with Gasteiger partial charge in [0.25, 0.3) is 0 Å². The van der Waals surface area contributed by atoms with E-state index < -0.39 is 42.3 Å². The first kappa shape index (κ1) is 45.4. The first-order valence-corrected chi connectivity index (χ1v) is 26.4. The molecule has 0 bridgehead atoms. The van der Waals surface area contributed by atoms with Crippen LogP contribution < -0.4 is 0 Å². The predicted molar refractivity (Wildman–Crippen MR) is 199 cm³/mol. The molecular formula is C36H72O6S2Sn. The maximum atomic E-state index is 13.8. The first-order valence-electron chi connectivity index (χ1n) is 18.8. The Labute approximate surface area is 294 Å². The molecule has 0 aliphatic rings. The van der Waals surface area contributed by atoms with Crippen LogP contribution in [0.3, 0.4) is 0 Å². The fourth-order valence-corrected chi connectivity index (χ4v) is 16.7. The van der Waals surface area contributed by atoms with Crippen molar-refractivity contribution in [1.82, 2.24) is 0 Å². The number of thiol groups is 2. The zero-order valence-corrected chi connectivity index (χ0v) is 34.4. The van der Waals surface area contributed by atoms with Crippen molar-refractivity contribution in [2.75, 3.05) is 11.5 Å². The van der Waals surface area contributed by atoms with Crippen LogP contribution in [0.2, 0.25) is 8.87 Å². The molecule has 0 aromatic carbocycles. The van der Waals surface area contributed by atoms with Gasteiger partial charge >= 0.3 is 282 Å². The monoisotopic (exact) mass is 784 g/mol. The van der Waals surface area contributed by atoms with Gasteiger partial charge in [0.2, 0.25) is 0 Å². The molecule has 0 aliphatic heterocycles. The number of rotatable bonds is 32. The molecule has 0 amide bonds. The smallest absolute Gasteiger partial charge is 0.0654 e. The fraction of sp³-hybridized carbons (Fsp3) is 0.944. The molecule has 0 fully saturated rings. The van der Waals surface area contributed by atoms with Gasteiger partial charge < -0.3 is 0 Å². The molecule has 0 aromatic heterocycles. The molecule has 0 heterocycles. The maximum absolute atomic E-state index is 13.8. The van der Waals surface area contributed by atoms with E-state index in [1.807, 2.05) is 0 Å². The molecule has 45 heavy (non-hydrogen) atoms. The predicted octanol–water partition coefficient (Wildman–Crippen LogP) is 10.3. The topological polar surface area (TPSA) is 93.1 Å². The van der Waals surface area contributed by atoms with E-state index in [1.54, 1.807) is 0 Å². The van der Waals surface area contributed by atoms with E-state index in [9.17, 15) is 19.8 Å². The van der Waals surface area contributed by atoms with Gasteiger partial charge in [-0.15, -0.1) is 0 Å². The van der Waals surface area contributed by atoms with Crippen LogP contribution in [0.4, 0.5) is 0 Å². The third kappa shape index (κ3) is 20.5. The Morgan fingerprint density at radius 3 is 1.07 bits per heavy atom. The van der Waals surface area contributed by atoms with Crippen LogP contribution in [0.15, 0.2) is 0 Å². The number of carbonyl (C=O) groups is 2. The van der Waals surface area contributed by atoms with E-state index in [4.69, 9.17) is 6.15 Å². The Morgan fingerprint density at radius 1 is 0.489 bits per heavy atom. The molecule has 0 radical (unpaired) electrons. The van der Waals surface area contributed by atoms with Crippen molar-refractivity contribution in [3.63, 3.8) is 0 Å². The summed E-state index contributed by atoms with van der Waals surface area (Å²) in [6.45, 7) is 8.57. The summed E-state index contributed by atoms with van der Waals surface area (Å²) in [6.07, 6.45) is 22.2. The van der Waals surface area contributed by atoms with Crippen LogP contribution >= 0.6 is 25.3 Å². The van der Waals surface area contributed by atoms with Crippen molar-refractivity contribution in [2.45, 2.75) is 202 Å². The van der Waals surface area contributed by atoms with E-state index in [0.717, 1.165) is 64.2 Å². The third-order valence-corrected chi connectivity index (χ3v) is 19.1. The van der Waals surface area contributed by atoms with Gasteiger partial charge in [-0.1, -0.05) is 13.8 Å². The number of aliphatic hydroxyl groups is 2. The molecule has 2 atom stereocenters. The van der Waals surface area contributed by atoms with Gasteiger partial charge in [0.15, 0.2) is 0 Å². The molecule has 2 unspecified atom stereocenters. The van der Waals surface area contributed by atoms with Crippen LogP contribution in [0, 0.1) is 0 Å². The minimum Gasteiger partial charge on any atom is -0.0654 e. The summed E-state index contributed by atoms with van der Waals surface area (Å²) in [7, 11) is 0. The summed E-state index contributed by atoms with van der Waals surface area (Å²) < 4.78 is 13.7. The molecule has 2 N–H and O–H groups in total. The number of unbranched alkanes of at least 4 members (excludes halogenated alkanes) is 16. The quantitative estimate of drug-likeness (QED) is 0.0309. The number of hydrogen-bond acceptors (Lipinski definition) is 8. The van der Waals surface area contributed by atoms with Gasteiger partial charge in [-0.2, -0.15) is 0 Å². The molecule has 6 nitrogen and oxygen atoms in total. The normalized spacial score (nSPS) is 14.6. The molecule has 9 heteroatoms. The summed E-state index contributed by atoms with van der Waals surface area (Å²) in [5.41, 5.74) is -3.29. The fourth-order valence-electron chi connectivity index (χ4n) is 5.90. The average molecular weight is 784 g/mol. The van der Waals surface area contributed by atoms with Crippen LogP contribution in [-0.4, -0.2) is 64.1 Å². The number of hydrogen-bond donors (Lipinski definition) is 4. The van der Waals surface area contributed by atoms with Gasteiger partial charge in [0, 0.05) is 0 Å². The van der Waals surface area contributed by atoms with Crippen molar-refractivity contribution >= 4 is 56.4 Å². The summed E-state index contributed by atoms with van der Waals surface area (Å²) in [5, 5.41) is 23.2. The van der Waals surface area contributed by atoms with Gasteiger partial charge in [-0.25, -0.2) is 0 Å². The Morgan fingerprint density at radius 2 is 0.778 bits per heavy atom. The van der Waals surface area contributed by atoms with Crippen molar-refractivity contribution in [3.05, 3.63) is 0 Å². The Hall–Kier alpha value is 0.359. The zero-order valence-electron chi connectivity index (χ0n) is 29.7. The number of carbonyl (C=O) groups excluding carboxylic acids is 2. The van der Waals surface area contributed by atoms with Crippen LogP contribution in [0.5, 0.6) is 0 Å². The van der Waals surface area contributed by atoms with Crippen LogP contribution in [-0.2, 0) is 15.7 Å².